The average molecular weight is 588 g/mol. The lowest BCUT2D eigenvalue weighted by Crippen LogP contribution is -2.33. The van der Waals surface area contributed by atoms with Crippen molar-refractivity contribution >= 4 is 12.2 Å². The van der Waals surface area contributed by atoms with Crippen LogP contribution in [0.4, 0.5) is 9.59 Å². The lowest BCUT2D eigenvalue weighted by Gasteiger charge is -2.23. The number of carbonyl (C=O) groups is 2. The van der Waals surface area contributed by atoms with Gasteiger partial charge in [0, 0.05) is 32.2 Å². The summed E-state index contributed by atoms with van der Waals surface area (Å²) in [4.78, 5) is 34.4. The fourth-order valence-electron chi connectivity index (χ4n) is 4.61. The minimum atomic E-state index is -0.601. The van der Waals surface area contributed by atoms with Gasteiger partial charge in [0.2, 0.25) is 0 Å². The van der Waals surface area contributed by atoms with Crippen LogP contribution in [0.2, 0.25) is 0 Å². The fourth-order valence-corrected chi connectivity index (χ4v) is 4.61. The van der Waals surface area contributed by atoms with Gasteiger partial charge in [-0.05, 0) is 22.3 Å². The van der Waals surface area contributed by atoms with Crippen LogP contribution in [0.3, 0.4) is 0 Å². The zero-order valence-electron chi connectivity index (χ0n) is 24.4. The summed E-state index contributed by atoms with van der Waals surface area (Å²) in [5.74, 6) is 0.233. The molecule has 0 aliphatic carbocycles. The Labute approximate surface area is 257 Å². The number of pyridine rings is 1. The molecule has 0 fully saturated rings. The molecule has 222 valence electrons. The van der Waals surface area contributed by atoms with Gasteiger partial charge >= 0.3 is 12.2 Å². The minimum Gasteiger partial charge on any atom is -0.478 e. The van der Waals surface area contributed by atoms with Crippen molar-refractivity contribution in [3.8, 4) is 17.4 Å². The van der Waals surface area contributed by atoms with Crippen LogP contribution >= 0.6 is 0 Å². The third kappa shape index (κ3) is 8.45. The monoisotopic (exact) mass is 587 g/mol. The quantitative estimate of drug-likeness (QED) is 0.159. The number of aromatic nitrogens is 1. The first kappa shape index (κ1) is 29.8. The Morgan fingerprint density at radius 3 is 1.30 bits per heavy atom. The van der Waals surface area contributed by atoms with E-state index < -0.39 is 12.2 Å². The van der Waals surface area contributed by atoms with Crippen LogP contribution in [0.25, 0.3) is 0 Å². The Bertz CT molecular complexity index is 1550. The van der Waals surface area contributed by atoms with Gasteiger partial charge < -0.3 is 14.2 Å². The van der Waals surface area contributed by atoms with Gasteiger partial charge in [-0.2, -0.15) is 0 Å². The molecule has 2 amide bonds. The molecule has 1 aromatic heterocycles. The van der Waals surface area contributed by atoms with Crippen molar-refractivity contribution in [2.45, 2.75) is 26.2 Å². The molecule has 0 N–H and O–H groups in total. The zero-order valence-corrected chi connectivity index (χ0v) is 24.4. The third-order valence-electron chi connectivity index (χ3n) is 6.77. The van der Waals surface area contributed by atoms with E-state index in [0.717, 1.165) is 22.3 Å². The number of amides is 2. The molecular weight excluding hydrogens is 554 g/mol. The lowest BCUT2D eigenvalue weighted by molar-refractivity contribution is 0.142. The molecule has 0 saturated carbocycles. The van der Waals surface area contributed by atoms with E-state index in [-0.39, 0.29) is 17.4 Å². The molecule has 5 rings (SSSR count). The first-order valence-electron chi connectivity index (χ1n) is 14.2. The Hall–Kier alpha value is -5.63. The van der Waals surface area contributed by atoms with Gasteiger partial charge in [0.05, 0.1) is 13.3 Å². The van der Waals surface area contributed by atoms with Crippen LogP contribution in [-0.2, 0) is 26.2 Å². The molecule has 0 saturated heterocycles. The highest BCUT2D eigenvalue weighted by molar-refractivity contribution is 5.73. The van der Waals surface area contributed by atoms with Crippen LogP contribution in [-0.4, -0.2) is 34.1 Å². The van der Waals surface area contributed by atoms with Gasteiger partial charge in [0.1, 0.15) is 0 Å². The summed E-state index contributed by atoms with van der Waals surface area (Å²) in [5.41, 5.74) is 3.81. The van der Waals surface area contributed by atoms with Gasteiger partial charge in [-0.15, -0.1) is 0 Å². The highest BCUT2D eigenvalue weighted by atomic mass is 16.6. The Morgan fingerprint density at radius 2 is 0.932 bits per heavy atom. The maximum Gasteiger partial charge on any atom is 0.416 e. The van der Waals surface area contributed by atoms with E-state index in [9.17, 15) is 9.59 Å². The van der Waals surface area contributed by atoms with Crippen molar-refractivity contribution < 1.29 is 23.8 Å². The number of nitrogens with zero attached hydrogens (tertiary/aromatic N) is 3. The highest BCUT2D eigenvalue weighted by Gasteiger charge is 2.22. The summed E-state index contributed by atoms with van der Waals surface area (Å²) in [7, 11) is 1.43. The van der Waals surface area contributed by atoms with Crippen molar-refractivity contribution in [1.82, 2.24) is 14.8 Å². The fraction of sp³-hybridized carbons (Fsp3) is 0.139. The van der Waals surface area contributed by atoms with Crippen LogP contribution < -0.4 is 14.2 Å². The van der Waals surface area contributed by atoms with Gasteiger partial charge in [-0.1, -0.05) is 121 Å². The largest absolute Gasteiger partial charge is 0.478 e. The maximum absolute atomic E-state index is 13.5. The van der Waals surface area contributed by atoms with Crippen LogP contribution in [0.5, 0.6) is 17.4 Å². The summed E-state index contributed by atoms with van der Waals surface area (Å²) < 4.78 is 16.9. The predicted octanol–water partition coefficient (Wildman–Crippen LogP) is 7.49. The lowest BCUT2D eigenvalue weighted by atomic mass is 10.2. The first-order chi connectivity index (χ1) is 21.6. The summed E-state index contributed by atoms with van der Waals surface area (Å²) in [5, 5.41) is 0. The number of hydrogen-bond acceptors (Lipinski definition) is 6. The number of benzene rings is 4. The van der Waals surface area contributed by atoms with E-state index in [0.29, 0.717) is 26.2 Å². The van der Waals surface area contributed by atoms with E-state index in [1.165, 1.54) is 19.4 Å². The first-order valence-corrected chi connectivity index (χ1v) is 14.2. The minimum absolute atomic E-state index is 0.0339. The molecule has 0 unspecified atom stereocenters. The molecule has 0 atom stereocenters. The summed E-state index contributed by atoms with van der Waals surface area (Å²) in [6.45, 7) is 1.34. The number of methoxy groups -OCH3 is 1. The maximum atomic E-state index is 13.5. The molecule has 0 spiro atoms. The van der Waals surface area contributed by atoms with Crippen molar-refractivity contribution in [2.24, 2.45) is 0 Å². The Morgan fingerprint density at radius 1 is 0.568 bits per heavy atom. The highest BCUT2D eigenvalue weighted by Crippen LogP contribution is 2.30. The normalized spacial score (nSPS) is 10.5. The summed E-state index contributed by atoms with van der Waals surface area (Å²) in [6, 6.07) is 40.1. The molecule has 0 radical (unpaired) electrons. The van der Waals surface area contributed by atoms with Gasteiger partial charge in [-0.25, -0.2) is 14.6 Å². The van der Waals surface area contributed by atoms with Gasteiger partial charge in [-0.3, -0.25) is 9.80 Å². The Kier molecular flexibility index (Phi) is 10.2. The predicted molar refractivity (Wildman–Crippen MR) is 167 cm³/mol. The number of hydrogen-bond donors (Lipinski definition) is 0. The second-order valence-electron chi connectivity index (χ2n) is 10.1. The van der Waals surface area contributed by atoms with Crippen molar-refractivity contribution in [1.29, 1.82) is 0 Å². The molecular formula is C36H33N3O5. The molecule has 44 heavy (non-hydrogen) atoms. The zero-order chi connectivity index (χ0) is 30.6. The average Bonchev–Trinajstić information content (AvgIpc) is 3.06. The van der Waals surface area contributed by atoms with E-state index in [1.54, 1.807) is 9.80 Å². The van der Waals surface area contributed by atoms with Crippen LogP contribution in [0, 0.1) is 0 Å². The molecule has 4 aromatic carbocycles. The second kappa shape index (κ2) is 15.0. The van der Waals surface area contributed by atoms with Gasteiger partial charge in [0.15, 0.2) is 11.5 Å². The van der Waals surface area contributed by atoms with Crippen LogP contribution in [0.15, 0.2) is 134 Å². The third-order valence-corrected chi connectivity index (χ3v) is 6.77. The standard InChI is InChI=1S/C36H33N3O5/c1-42-34-33(44-36(41)39(26-30-18-10-4-11-19-30)27-31-20-12-5-13-21-31)22-32(23-37-34)43-35(40)38(24-28-14-6-2-7-15-28)25-29-16-8-3-9-17-29/h2-23H,24-27H2,1H3. The van der Waals surface area contributed by atoms with Gasteiger partial charge in [0.25, 0.3) is 5.88 Å². The van der Waals surface area contributed by atoms with Crippen molar-refractivity contribution in [3.63, 3.8) is 0 Å². The topological polar surface area (TPSA) is 81.2 Å². The molecule has 5 aromatic rings. The second-order valence-corrected chi connectivity index (χ2v) is 10.1. The smallest absolute Gasteiger partial charge is 0.416 e. The molecule has 1 heterocycles. The summed E-state index contributed by atoms with van der Waals surface area (Å²) in [6.07, 6.45) is 0.191. The van der Waals surface area contributed by atoms with E-state index in [2.05, 4.69) is 4.98 Å². The molecule has 0 aliphatic heterocycles. The molecule has 0 bridgehead atoms. The molecule has 8 heteroatoms. The van der Waals surface area contributed by atoms with E-state index >= 15 is 0 Å². The number of rotatable bonds is 11. The van der Waals surface area contributed by atoms with Crippen LogP contribution in [0.1, 0.15) is 22.3 Å². The molecule has 8 nitrogen and oxygen atoms in total. The number of ether oxygens (including phenoxy) is 3. The van der Waals surface area contributed by atoms with E-state index in [4.69, 9.17) is 14.2 Å². The van der Waals surface area contributed by atoms with E-state index in [1.807, 2.05) is 121 Å². The van der Waals surface area contributed by atoms with Crippen molar-refractivity contribution in [3.05, 3.63) is 156 Å². The summed E-state index contributed by atoms with van der Waals surface area (Å²) >= 11 is 0. The number of carbonyl (C=O) groups excluding carboxylic acids is 2. The van der Waals surface area contributed by atoms with Crippen molar-refractivity contribution in [2.75, 3.05) is 7.11 Å². The SMILES string of the molecule is COc1ncc(OC(=O)N(Cc2ccccc2)Cc2ccccc2)cc1OC(=O)N(Cc1ccccc1)Cc1ccccc1. The Balaban J connectivity index is 1.35. The molecule has 0 aliphatic rings.